The summed E-state index contributed by atoms with van der Waals surface area (Å²) in [5.41, 5.74) is 0.534. The number of aryl methyl sites for hydroxylation is 1. The van der Waals surface area contributed by atoms with Gasteiger partial charge in [0.15, 0.2) is 0 Å². The molecule has 1 fully saturated rings. The quantitative estimate of drug-likeness (QED) is 0.859. The van der Waals surface area contributed by atoms with Gasteiger partial charge in [0.25, 0.3) is 0 Å². The first-order valence-electron chi connectivity index (χ1n) is 8.36. The molecule has 0 saturated carbocycles. The molecule has 0 aliphatic carbocycles. The Kier molecular flexibility index (Phi) is 5.36. The van der Waals surface area contributed by atoms with Crippen LogP contribution in [0.4, 0.5) is 14.9 Å². The fourth-order valence-electron chi connectivity index (χ4n) is 2.67. The zero-order valence-electron chi connectivity index (χ0n) is 14.4. The Morgan fingerprint density at radius 2 is 1.69 bits per heavy atom. The van der Waals surface area contributed by atoms with Gasteiger partial charge in [0, 0.05) is 37.9 Å². The number of nitrogens with one attached hydrogen (secondary N) is 1. The van der Waals surface area contributed by atoms with E-state index in [1.54, 1.807) is 21.9 Å². The molecule has 0 radical (unpaired) electrons. The van der Waals surface area contributed by atoms with Crippen molar-refractivity contribution in [3.8, 4) is 0 Å². The third kappa shape index (κ3) is 4.50. The van der Waals surface area contributed by atoms with Crippen molar-refractivity contribution in [3.05, 3.63) is 59.8 Å². The fourth-order valence-corrected chi connectivity index (χ4v) is 2.67. The summed E-state index contributed by atoms with van der Waals surface area (Å²) in [7, 11) is 0. The number of carbonyl (C=O) groups excluding carboxylic acids is 2. The van der Waals surface area contributed by atoms with E-state index < -0.39 is 0 Å². The number of benzene rings is 1. The summed E-state index contributed by atoms with van der Waals surface area (Å²) in [6, 6.07) is 8.98. The molecule has 0 spiro atoms. The van der Waals surface area contributed by atoms with Crippen LogP contribution < -0.4 is 5.32 Å². The molecule has 136 valence electrons. The number of piperazine rings is 1. The maximum atomic E-state index is 12.9. The van der Waals surface area contributed by atoms with Crippen LogP contribution in [-0.4, -0.2) is 47.9 Å². The lowest BCUT2D eigenvalue weighted by molar-refractivity contribution is -0.127. The lowest BCUT2D eigenvalue weighted by atomic mass is 10.3. The third-order valence-corrected chi connectivity index (χ3v) is 4.13. The van der Waals surface area contributed by atoms with Gasteiger partial charge in [-0.2, -0.15) is 0 Å². The van der Waals surface area contributed by atoms with Crippen LogP contribution in [0.1, 0.15) is 11.5 Å². The SMILES string of the molecule is Cc1ccc(/C=C/C(=O)N2CCN(C(=O)Nc3ccc(F)cc3)CC2)o1. The third-order valence-electron chi connectivity index (χ3n) is 4.13. The molecule has 0 atom stereocenters. The second kappa shape index (κ2) is 7.86. The van der Waals surface area contributed by atoms with Crippen molar-refractivity contribution in [1.82, 2.24) is 9.80 Å². The molecule has 3 amide bonds. The van der Waals surface area contributed by atoms with Gasteiger partial charge in [0.05, 0.1) is 0 Å². The number of hydrogen-bond donors (Lipinski definition) is 1. The van der Waals surface area contributed by atoms with E-state index in [2.05, 4.69) is 5.32 Å². The first-order chi connectivity index (χ1) is 12.5. The Morgan fingerprint density at radius 3 is 2.31 bits per heavy atom. The molecular weight excluding hydrogens is 337 g/mol. The number of nitrogens with zero attached hydrogens (tertiary/aromatic N) is 2. The predicted molar refractivity (Wildman–Crippen MR) is 96.1 cm³/mol. The smallest absolute Gasteiger partial charge is 0.321 e. The maximum absolute atomic E-state index is 12.9. The van der Waals surface area contributed by atoms with E-state index in [9.17, 15) is 14.0 Å². The van der Waals surface area contributed by atoms with Crippen molar-refractivity contribution in [2.75, 3.05) is 31.5 Å². The van der Waals surface area contributed by atoms with Crippen molar-refractivity contribution >= 4 is 23.7 Å². The van der Waals surface area contributed by atoms with Crippen molar-refractivity contribution in [1.29, 1.82) is 0 Å². The molecule has 2 heterocycles. The Hall–Kier alpha value is -3.09. The number of carbonyl (C=O) groups is 2. The van der Waals surface area contributed by atoms with Gasteiger partial charge in [-0.15, -0.1) is 0 Å². The molecule has 1 aliphatic rings. The zero-order valence-corrected chi connectivity index (χ0v) is 14.4. The minimum atomic E-state index is -0.354. The van der Waals surface area contributed by atoms with Crippen LogP contribution in [0.25, 0.3) is 6.08 Å². The van der Waals surface area contributed by atoms with Gasteiger partial charge in [0.2, 0.25) is 5.91 Å². The molecule has 26 heavy (non-hydrogen) atoms. The summed E-state index contributed by atoms with van der Waals surface area (Å²) in [5.74, 6) is 0.955. The van der Waals surface area contributed by atoms with E-state index in [1.807, 2.05) is 13.0 Å². The van der Waals surface area contributed by atoms with Crippen LogP contribution in [0.2, 0.25) is 0 Å². The molecule has 1 aromatic heterocycles. The molecule has 7 heteroatoms. The molecule has 1 aromatic carbocycles. The van der Waals surface area contributed by atoms with Crippen LogP contribution in [-0.2, 0) is 4.79 Å². The van der Waals surface area contributed by atoms with Crippen LogP contribution in [0.3, 0.4) is 0 Å². The average molecular weight is 357 g/mol. The van der Waals surface area contributed by atoms with Gasteiger partial charge in [-0.1, -0.05) is 0 Å². The lowest BCUT2D eigenvalue weighted by Gasteiger charge is -2.34. The highest BCUT2D eigenvalue weighted by atomic mass is 19.1. The number of anilines is 1. The Bertz CT molecular complexity index is 806. The Labute approximate surface area is 150 Å². The molecule has 6 nitrogen and oxygen atoms in total. The maximum Gasteiger partial charge on any atom is 0.321 e. The van der Waals surface area contributed by atoms with Crippen molar-refractivity contribution in [2.45, 2.75) is 6.92 Å². The van der Waals surface area contributed by atoms with Crippen LogP contribution in [0.5, 0.6) is 0 Å². The van der Waals surface area contributed by atoms with Crippen molar-refractivity contribution in [2.24, 2.45) is 0 Å². The van der Waals surface area contributed by atoms with Gasteiger partial charge in [-0.05, 0) is 49.4 Å². The highest BCUT2D eigenvalue weighted by Gasteiger charge is 2.23. The zero-order chi connectivity index (χ0) is 18.5. The minimum Gasteiger partial charge on any atom is -0.462 e. The van der Waals surface area contributed by atoms with Gasteiger partial charge < -0.3 is 19.5 Å². The predicted octanol–water partition coefficient (Wildman–Crippen LogP) is 3.12. The molecule has 1 saturated heterocycles. The summed E-state index contributed by atoms with van der Waals surface area (Å²) in [4.78, 5) is 27.8. The van der Waals surface area contributed by atoms with Crippen LogP contribution in [0, 0.1) is 12.7 Å². The van der Waals surface area contributed by atoms with Gasteiger partial charge in [0.1, 0.15) is 17.3 Å². The second-order valence-electron chi connectivity index (χ2n) is 6.03. The van der Waals surface area contributed by atoms with E-state index in [4.69, 9.17) is 4.42 Å². The highest BCUT2D eigenvalue weighted by Crippen LogP contribution is 2.12. The van der Waals surface area contributed by atoms with E-state index in [0.29, 0.717) is 37.6 Å². The summed E-state index contributed by atoms with van der Waals surface area (Å²) < 4.78 is 18.3. The largest absolute Gasteiger partial charge is 0.462 e. The van der Waals surface area contributed by atoms with Crippen LogP contribution in [0.15, 0.2) is 46.9 Å². The van der Waals surface area contributed by atoms with E-state index in [0.717, 1.165) is 5.76 Å². The lowest BCUT2D eigenvalue weighted by Crippen LogP contribution is -2.51. The second-order valence-corrected chi connectivity index (χ2v) is 6.03. The van der Waals surface area contributed by atoms with Gasteiger partial charge >= 0.3 is 6.03 Å². The van der Waals surface area contributed by atoms with Crippen molar-refractivity contribution < 1.29 is 18.4 Å². The Balaban J connectivity index is 1.48. The topological polar surface area (TPSA) is 65.8 Å². The van der Waals surface area contributed by atoms with E-state index >= 15 is 0 Å². The minimum absolute atomic E-state index is 0.113. The summed E-state index contributed by atoms with van der Waals surface area (Å²) >= 11 is 0. The molecule has 3 rings (SSSR count). The van der Waals surface area contributed by atoms with E-state index in [1.165, 1.54) is 30.3 Å². The first-order valence-corrected chi connectivity index (χ1v) is 8.36. The monoisotopic (exact) mass is 357 g/mol. The number of furan rings is 1. The van der Waals surface area contributed by atoms with Crippen molar-refractivity contribution in [3.63, 3.8) is 0 Å². The fraction of sp³-hybridized carbons (Fsp3) is 0.263. The average Bonchev–Trinajstić information content (AvgIpc) is 3.07. The Morgan fingerprint density at radius 1 is 1.04 bits per heavy atom. The molecule has 0 bridgehead atoms. The van der Waals surface area contributed by atoms with Gasteiger partial charge in [-0.3, -0.25) is 4.79 Å². The number of hydrogen-bond acceptors (Lipinski definition) is 3. The number of rotatable bonds is 3. The number of halogens is 1. The standard InChI is InChI=1S/C19H20FN3O3/c1-14-2-7-17(26-14)8-9-18(24)22-10-12-23(13-11-22)19(25)21-16-5-3-15(20)4-6-16/h2-9H,10-13H2,1H3,(H,21,25)/b9-8+. The molecule has 1 aliphatic heterocycles. The first kappa shape index (κ1) is 17.7. The number of amides is 3. The molecule has 1 N–H and O–H groups in total. The number of urea groups is 1. The summed E-state index contributed by atoms with van der Waals surface area (Å²) in [6.07, 6.45) is 3.12. The summed E-state index contributed by atoms with van der Waals surface area (Å²) in [6.45, 7) is 3.63. The molecule has 2 aromatic rings. The van der Waals surface area contributed by atoms with Crippen LogP contribution >= 0.6 is 0 Å². The molecule has 0 unspecified atom stereocenters. The highest BCUT2D eigenvalue weighted by molar-refractivity contribution is 5.92. The normalized spacial score (nSPS) is 14.7. The van der Waals surface area contributed by atoms with E-state index in [-0.39, 0.29) is 17.8 Å². The summed E-state index contributed by atoms with van der Waals surface area (Å²) in [5, 5.41) is 2.72. The van der Waals surface area contributed by atoms with Gasteiger partial charge in [-0.25, -0.2) is 9.18 Å². The molecular formula is C19H20FN3O3.